The molecule has 0 saturated heterocycles. The number of carbonyl (C=O) groups is 1. The third-order valence-corrected chi connectivity index (χ3v) is 2.48. The summed E-state index contributed by atoms with van der Waals surface area (Å²) in [5.74, 6) is -0.696. The van der Waals surface area contributed by atoms with E-state index in [0.29, 0.717) is 11.1 Å². The third-order valence-electron chi connectivity index (χ3n) is 2.48. The average Bonchev–Trinajstić information content (AvgIpc) is 2.42. The number of ketones is 1. The van der Waals surface area contributed by atoms with E-state index in [0.717, 1.165) is 5.56 Å². The van der Waals surface area contributed by atoms with Gasteiger partial charge < -0.3 is 0 Å². The zero-order valence-electron chi connectivity index (χ0n) is 7.67. The van der Waals surface area contributed by atoms with E-state index in [-0.39, 0.29) is 6.42 Å². The van der Waals surface area contributed by atoms with E-state index in [4.69, 9.17) is 5.26 Å². The van der Waals surface area contributed by atoms with Gasteiger partial charge in [-0.05, 0) is 18.6 Å². The molecule has 0 aliphatic heterocycles. The minimum atomic E-state index is -2.34. The zero-order valence-corrected chi connectivity index (χ0v) is 7.67. The number of fused-ring (bicyclic) bond motifs is 1. The van der Waals surface area contributed by atoms with Crippen molar-refractivity contribution in [3.05, 3.63) is 34.9 Å². The molecule has 70 valence electrons. The zero-order chi connectivity index (χ0) is 10.3. The Balaban J connectivity index is 2.58. The Morgan fingerprint density at radius 3 is 2.93 bits per heavy atom. The Bertz CT molecular complexity index is 461. The van der Waals surface area contributed by atoms with Gasteiger partial charge in [-0.2, -0.15) is 5.26 Å². The van der Waals surface area contributed by atoms with Crippen LogP contribution in [-0.2, 0) is 6.42 Å². The molecule has 0 radical (unpaired) electrons. The summed E-state index contributed by atoms with van der Waals surface area (Å²) in [6, 6.07) is 6.60. The molecule has 14 heavy (non-hydrogen) atoms. The normalized spacial score (nSPS) is 24.5. The summed E-state index contributed by atoms with van der Waals surface area (Å²) < 4.78 is 13.6. The summed E-state index contributed by atoms with van der Waals surface area (Å²) >= 11 is 0. The second kappa shape index (κ2) is 2.65. The molecule has 0 fully saturated rings. The first-order valence-electron chi connectivity index (χ1n) is 4.31. The lowest BCUT2D eigenvalue weighted by atomic mass is 10.0. The minimum Gasteiger partial charge on any atom is -0.289 e. The number of aryl methyl sites for hydroxylation is 1. The number of halogens is 1. The van der Waals surface area contributed by atoms with Crippen LogP contribution in [-0.4, -0.2) is 11.5 Å². The van der Waals surface area contributed by atoms with E-state index in [2.05, 4.69) is 0 Å². The molecule has 0 amide bonds. The van der Waals surface area contributed by atoms with Crippen LogP contribution >= 0.6 is 0 Å². The molecule has 1 aliphatic rings. The Kier molecular flexibility index (Phi) is 1.68. The molecule has 3 heteroatoms. The maximum atomic E-state index is 13.6. The van der Waals surface area contributed by atoms with Crippen molar-refractivity contribution in [1.82, 2.24) is 0 Å². The number of nitrogens with zero attached hydrogens (tertiary/aromatic N) is 1. The molecular formula is C11H8FNO. The summed E-state index contributed by atoms with van der Waals surface area (Å²) in [6.07, 6.45) is -0.113. The predicted molar refractivity (Wildman–Crippen MR) is 48.7 cm³/mol. The molecule has 0 bridgehead atoms. The van der Waals surface area contributed by atoms with Gasteiger partial charge in [-0.3, -0.25) is 4.79 Å². The topological polar surface area (TPSA) is 40.9 Å². The summed E-state index contributed by atoms with van der Waals surface area (Å²) in [7, 11) is 0. The van der Waals surface area contributed by atoms with Gasteiger partial charge in [-0.25, -0.2) is 4.39 Å². The first kappa shape index (κ1) is 8.89. The predicted octanol–water partition coefficient (Wildman–Crippen LogP) is 1.97. The van der Waals surface area contributed by atoms with Crippen LogP contribution in [0.4, 0.5) is 4.39 Å². The highest BCUT2D eigenvalue weighted by molar-refractivity contribution is 6.08. The molecule has 0 unspecified atom stereocenters. The lowest BCUT2D eigenvalue weighted by Gasteiger charge is -2.04. The third kappa shape index (κ3) is 1.04. The molecule has 1 aromatic carbocycles. The number of Topliss-reactive ketones (excluding diaryl/α,β-unsaturated/α-hetero) is 1. The summed E-state index contributed by atoms with van der Waals surface area (Å²) in [6.45, 7) is 1.83. The molecule has 0 heterocycles. The average molecular weight is 189 g/mol. The molecular weight excluding hydrogens is 181 g/mol. The van der Waals surface area contributed by atoms with E-state index in [1.807, 2.05) is 13.0 Å². The monoisotopic (exact) mass is 189 g/mol. The van der Waals surface area contributed by atoms with Crippen molar-refractivity contribution in [2.75, 3.05) is 0 Å². The van der Waals surface area contributed by atoms with Gasteiger partial charge >= 0.3 is 0 Å². The molecule has 0 spiro atoms. The Morgan fingerprint density at radius 2 is 2.29 bits per heavy atom. The number of carbonyl (C=O) groups excluding carboxylic acids is 1. The van der Waals surface area contributed by atoms with Crippen LogP contribution in [0.3, 0.4) is 0 Å². The van der Waals surface area contributed by atoms with Crippen LogP contribution in [0.2, 0.25) is 0 Å². The smallest absolute Gasteiger partial charge is 0.261 e. The van der Waals surface area contributed by atoms with E-state index < -0.39 is 11.5 Å². The van der Waals surface area contributed by atoms with Gasteiger partial charge in [0.2, 0.25) is 5.78 Å². The number of benzene rings is 1. The van der Waals surface area contributed by atoms with Crippen molar-refractivity contribution >= 4 is 5.78 Å². The fourth-order valence-electron chi connectivity index (χ4n) is 1.70. The van der Waals surface area contributed by atoms with Crippen molar-refractivity contribution < 1.29 is 9.18 Å². The lowest BCUT2D eigenvalue weighted by molar-refractivity contribution is 0.0820. The van der Waals surface area contributed by atoms with Gasteiger partial charge in [0.25, 0.3) is 5.67 Å². The second-order valence-electron chi connectivity index (χ2n) is 3.58. The fraction of sp³-hybridized carbons (Fsp3) is 0.273. The first-order chi connectivity index (χ1) is 6.57. The highest BCUT2D eigenvalue weighted by Gasteiger charge is 2.46. The molecule has 0 N–H and O–H groups in total. The van der Waals surface area contributed by atoms with Crippen LogP contribution in [0.15, 0.2) is 18.2 Å². The van der Waals surface area contributed by atoms with Crippen molar-refractivity contribution in [2.45, 2.75) is 19.0 Å². The standard InChI is InChI=1S/C11H8FNO/c1-7-2-3-8-5-11(12,6-13)10(14)9(8)4-7/h2-4H,5H2,1H3/t11-/m1/s1. The van der Waals surface area contributed by atoms with Crippen LogP contribution in [0.5, 0.6) is 0 Å². The second-order valence-corrected chi connectivity index (χ2v) is 3.58. The molecule has 2 rings (SSSR count). The van der Waals surface area contributed by atoms with Gasteiger partial charge in [-0.1, -0.05) is 17.7 Å². The maximum Gasteiger partial charge on any atom is 0.261 e. The number of hydrogen-bond donors (Lipinski definition) is 0. The SMILES string of the molecule is Cc1ccc2c(c1)C(=O)[C@](F)(C#N)C2. The van der Waals surface area contributed by atoms with E-state index in [1.165, 1.54) is 6.07 Å². The number of rotatable bonds is 0. The van der Waals surface area contributed by atoms with Crippen LogP contribution in [0.1, 0.15) is 21.5 Å². The highest BCUT2D eigenvalue weighted by Crippen LogP contribution is 2.33. The van der Waals surface area contributed by atoms with Crippen LogP contribution in [0, 0.1) is 18.3 Å². The van der Waals surface area contributed by atoms with Gasteiger partial charge in [0, 0.05) is 12.0 Å². The summed E-state index contributed by atoms with van der Waals surface area (Å²) in [4.78, 5) is 11.5. The Hall–Kier alpha value is -1.69. The van der Waals surface area contributed by atoms with Gasteiger partial charge in [-0.15, -0.1) is 0 Å². The molecule has 1 atom stereocenters. The van der Waals surface area contributed by atoms with Gasteiger partial charge in [0.1, 0.15) is 6.07 Å². The largest absolute Gasteiger partial charge is 0.289 e. The minimum absolute atomic E-state index is 0.113. The van der Waals surface area contributed by atoms with Crippen molar-refractivity contribution in [3.8, 4) is 6.07 Å². The first-order valence-corrected chi connectivity index (χ1v) is 4.31. The maximum absolute atomic E-state index is 13.6. The van der Waals surface area contributed by atoms with Gasteiger partial charge in [0.05, 0.1) is 0 Å². The molecule has 1 aromatic rings. The van der Waals surface area contributed by atoms with Crippen molar-refractivity contribution in [1.29, 1.82) is 5.26 Å². The quantitative estimate of drug-likeness (QED) is 0.626. The number of hydrogen-bond acceptors (Lipinski definition) is 2. The molecule has 1 aliphatic carbocycles. The molecule has 0 aromatic heterocycles. The van der Waals surface area contributed by atoms with Crippen molar-refractivity contribution in [3.63, 3.8) is 0 Å². The highest BCUT2D eigenvalue weighted by atomic mass is 19.1. The van der Waals surface area contributed by atoms with Crippen LogP contribution in [0.25, 0.3) is 0 Å². The number of nitriles is 1. The Labute approximate surface area is 81.0 Å². The summed E-state index contributed by atoms with van der Waals surface area (Å²) in [5.41, 5.74) is -0.450. The molecule has 0 saturated carbocycles. The lowest BCUT2D eigenvalue weighted by Crippen LogP contribution is -2.27. The Morgan fingerprint density at radius 1 is 1.57 bits per heavy atom. The van der Waals surface area contributed by atoms with Gasteiger partial charge in [0.15, 0.2) is 0 Å². The number of alkyl halides is 1. The summed E-state index contributed by atoms with van der Waals surface area (Å²) in [5, 5.41) is 8.59. The van der Waals surface area contributed by atoms with Crippen LogP contribution < -0.4 is 0 Å². The van der Waals surface area contributed by atoms with E-state index >= 15 is 0 Å². The van der Waals surface area contributed by atoms with E-state index in [9.17, 15) is 9.18 Å². The molecule has 2 nitrogen and oxygen atoms in total. The van der Waals surface area contributed by atoms with E-state index in [1.54, 1.807) is 12.1 Å². The van der Waals surface area contributed by atoms with Crippen molar-refractivity contribution in [2.24, 2.45) is 0 Å². The fourth-order valence-corrected chi connectivity index (χ4v) is 1.70.